The van der Waals surface area contributed by atoms with E-state index in [2.05, 4.69) is 25.8 Å². The monoisotopic (exact) mass is 500 g/mol. The van der Waals surface area contributed by atoms with E-state index in [4.69, 9.17) is 9.16 Å². The highest BCUT2D eigenvalue weighted by atomic mass is 28.4. The molecule has 2 heterocycles. The fraction of sp³-hybridized carbons (Fsp3) is 0.385. The minimum Gasteiger partial charge on any atom is -0.405 e. The van der Waals surface area contributed by atoms with E-state index < -0.39 is 44.7 Å². The van der Waals surface area contributed by atoms with Crippen molar-refractivity contribution in [2.75, 3.05) is 6.61 Å². The van der Waals surface area contributed by atoms with Gasteiger partial charge in [-0.3, -0.25) is 14.3 Å². The van der Waals surface area contributed by atoms with E-state index in [0.717, 1.165) is 21.1 Å². The lowest BCUT2D eigenvalue weighted by Gasteiger charge is -2.43. The summed E-state index contributed by atoms with van der Waals surface area (Å²) in [6.45, 7) is 5.33. The van der Waals surface area contributed by atoms with Crippen molar-refractivity contribution in [3.63, 3.8) is 0 Å². The second-order valence-corrected chi connectivity index (χ2v) is 14.1. The summed E-state index contributed by atoms with van der Waals surface area (Å²) < 4.78 is 42.0. The number of hydrogen-bond acceptors (Lipinski definition) is 4. The molecule has 0 saturated carbocycles. The van der Waals surface area contributed by atoms with Crippen LogP contribution in [0.3, 0.4) is 0 Å². The molecule has 0 aliphatic carbocycles. The topological polar surface area (TPSA) is 73.3 Å². The fourth-order valence-corrected chi connectivity index (χ4v) is 9.38. The summed E-state index contributed by atoms with van der Waals surface area (Å²) in [6, 6.07) is 20.0. The van der Waals surface area contributed by atoms with Crippen LogP contribution < -0.4 is 21.6 Å². The first-order chi connectivity index (χ1) is 16.7. The summed E-state index contributed by atoms with van der Waals surface area (Å²) >= 11 is 0. The van der Waals surface area contributed by atoms with Gasteiger partial charge in [0.2, 0.25) is 0 Å². The molecule has 2 aromatic carbocycles. The fourth-order valence-electron chi connectivity index (χ4n) is 4.81. The number of aromatic amines is 1. The maximum absolute atomic E-state index is 15.1. The van der Waals surface area contributed by atoms with Gasteiger partial charge in [-0.1, -0.05) is 81.4 Å². The molecule has 1 aliphatic heterocycles. The molecule has 1 fully saturated rings. The van der Waals surface area contributed by atoms with Crippen LogP contribution in [0.25, 0.3) is 0 Å². The van der Waals surface area contributed by atoms with Gasteiger partial charge in [0.15, 0.2) is 0 Å². The maximum atomic E-state index is 15.1. The Morgan fingerprint density at radius 1 is 1.06 bits per heavy atom. The van der Waals surface area contributed by atoms with Gasteiger partial charge < -0.3 is 9.16 Å². The number of hydrogen-bond donors (Lipinski definition) is 1. The molecule has 0 radical (unpaired) electrons. The summed E-state index contributed by atoms with van der Waals surface area (Å²) in [5.41, 5.74) is -1.77. The van der Waals surface area contributed by atoms with Crippen LogP contribution in [0.15, 0.2) is 76.4 Å². The van der Waals surface area contributed by atoms with Crippen molar-refractivity contribution in [2.24, 2.45) is 0 Å². The summed E-state index contributed by atoms with van der Waals surface area (Å²) in [4.78, 5) is 26.1. The van der Waals surface area contributed by atoms with Crippen molar-refractivity contribution >= 4 is 18.7 Å². The molecule has 0 bridgehead atoms. The number of nitrogens with zero attached hydrogens (tertiary/aromatic N) is 1. The molecule has 1 aliphatic rings. The average molecular weight is 501 g/mol. The van der Waals surface area contributed by atoms with Crippen molar-refractivity contribution < 1.29 is 17.9 Å². The lowest BCUT2D eigenvalue weighted by molar-refractivity contribution is -0.0325. The molecule has 0 amide bonds. The molecule has 6 nitrogen and oxygen atoms in total. The Kier molecular flexibility index (Phi) is 7.21. The maximum Gasteiger partial charge on any atom is 0.330 e. The van der Waals surface area contributed by atoms with Crippen molar-refractivity contribution in [3.05, 3.63) is 93.3 Å². The first kappa shape index (κ1) is 25.2. The Hall–Kier alpha value is -2.88. The molecule has 4 rings (SSSR count). The first-order valence-electron chi connectivity index (χ1n) is 11.6. The highest BCUT2D eigenvalue weighted by Crippen LogP contribution is 2.38. The van der Waals surface area contributed by atoms with Crippen LogP contribution >= 0.6 is 0 Å². The molecular formula is C26H30F2N2O4Si. The lowest BCUT2D eigenvalue weighted by Crippen LogP contribution is -2.67. The number of halogens is 2. The van der Waals surface area contributed by atoms with E-state index in [1.807, 2.05) is 60.7 Å². The second kappa shape index (κ2) is 10.0. The van der Waals surface area contributed by atoms with Gasteiger partial charge in [0.1, 0.15) is 25.2 Å². The van der Waals surface area contributed by atoms with Gasteiger partial charge in [-0.15, -0.1) is 0 Å². The van der Waals surface area contributed by atoms with E-state index in [1.54, 1.807) is 0 Å². The predicted octanol–water partition coefficient (Wildman–Crippen LogP) is 3.21. The van der Waals surface area contributed by atoms with Gasteiger partial charge in [-0.2, -0.15) is 0 Å². The van der Waals surface area contributed by atoms with E-state index in [1.165, 1.54) is 0 Å². The van der Waals surface area contributed by atoms with E-state index in [-0.39, 0.29) is 23.6 Å². The van der Waals surface area contributed by atoms with Crippen LogP contribution in [0.1, 0.15) is 39.0 Å². The summed E-state index contributed by atoms with van der Waals surface area (Å²) in [5, 5.41) is 1.84. The molecule has 1 aromatic heterocycles. The van der Waals surface area contributed by atoms with Gasteiger partial charge in [-0.25, -0.2) is 13.6 Å². The molecule has 0 unspecified atom stereocenters. The van der Waals surface area contributed by atoms with Crippen LogP contribution in [-0.4, -0.2) is 36.8 Å². The van der Waals surface area contributed by atoms with Crippen molar-refractivity contribution in [1.29, 1.82) is 0 Å². The van der Waals surface area contributed by atoms with Gasteiger partial charge in [-0.05, 0) is 15.4 Å². The quantitative estimate of drug-likeness (QED) is 0.506. The van der Waals surface area contributed by atoms with Gasteiger partial charge in [0.05, 0.1) is 12.2 Å². The third-order valence-electron chi connectivity index (χ3n) is 6.54. The summed E-state index contributed by atoms with van der Waals surface area (Å²) in [5.74, 6) is 0. The number of ether oxygens (including phenoxy) is 1. The van der Waals surface area contributed by atoms with Crippen molar-refractivity contribution in [2.45, 2.75) is 57.4 Å². The van der Waals surface area contributed by atoms with Gasteiger partial charge in [0, 0.05) is 12.6 Å². The lowest BCUT2D eigenvalue weighted by atomic mass is 10.2. The molecule has 0 spiro atoms. The summed E-state index contributed by atoms with van der Waals surface area (Å²) in [6.07, 6.45) is -2.29. The molecule has 3 aromatic rings. The largest absolute Gasteiger partial charge is 0.405 e. The van der Waals surface area contributed by atoms with Crippen LogP contribution in [0.2, 0.25) is 5.04 Å². The zero-order chi connectivity index (χ0) is 25.2. The highest BCUT2D eigenvalue weighted by molar-refractivity contribution is 6.99. The Morgan fingerprint density at radius 3 is 2.14 bits per heavy atom. The minimum atomic E-state index is -2.89. The van der Waals surface area contributed by atoms with Crippen LogP contribution in [0, 0.1) is 0 Å². The van der Waals surface area contributed by atoms with Crippen LogP contribution in [-0.2, 0) is 15.8 Å². The molecule has 9 heteroatoms. The Labute approximate surface area is 203 Å². The smallest absolute Gasteiger partial charge is 0.330 e. The Bertz CT molecular complexity index is 1220. The van der Waals surface area contributed by atoms with E-state index >= 15 is 4.39 Å². The normalized spacial score (nSPS) is 20.8. The Balaban J connectivity index is 1.65. The van der Waals surface area contributed by atoms with Gasteiger partial charge >= 0.3 is 5.69 Å². The third-order valence-corrected chi connectivity index (χ3v) is 11.5. The summed E-state index contributed by atoms with van der Waals surface area (Å²) in [7, 11) is -2.89. The second-order valence-electron chi connectivity index (χ2n) is 9.81. The third kappa shape index (κ3) is 4.80. The zero-order valence-electron chi connectivity index (χ0n) is 20.0. The Morgan fingerprint density at radius 2 is 1.63 bits per heavy atom. The van der Waals surface area contributed by atoms with Crippen molar-refractivity contribution in [3.8, 4) is 0 Å². The number of H-pyrrole nitrogens is 1. The number of nitrogens with one attached hydrogen (secondary N) is 1. The molecule has 3 atom stereocenters. The number of aromatic nitrogens is 2. The standard InChI is InChI=1S/C26H30F2N2O4Si/c1-26(2,3)35(19-10-6-4-7-11-19,20-12-8-5-9-13-20)33-17-22-21(28)14-23(34-22)30-16-18(15-27)24(31)29-25(30)32/h4-13,16,21-23H,14-15,17H2,1-3H3,(H,29,31,32)/t21-,22+,23+/m0/s1. The van der Waals surface area contributed by atoms with Gasteiger partial charge in [0.25, 0.3) is 13.9 Å². The number of rotatable bonds is 7. The predicted molar refractivity (Wildman–Crippen MR) is 133 cm³/mol. The SMILES string of the molecule is CC(C)(C)[Si](OC[C@H]1O[C@@H](n2cc(CF)c(=O)[nH]c2=O)C[C@@H]1F)(c1ccccc1)c1ccccc1. The molecular weight excluding hydrogens is 470 g/mol. The molecule has 1 N–H and O–H groups in total. The number of alkyl halides is 2. The first-order valence-corrected chi connectivity index (χ1v) is 13.5. The minimum absolute atomic E-state index is 0.0149. The molecule has 1 saturated heterocycles. The average Bonchev–Trinajstić information content (AvgIpc) is 3.20. The number of benzene rings is 2. The zero-order valence-corrected chi connectivity index (χ0v) is 21.0. The van der Waals surface area contributed by atoms with Crippen LogP contribution in [0.4, 0.5) is 8.78 Å². The van der Waals surface area contributed by atoms with E-state index in [0.29, 0.717) is 0 Å². The van der Waals surface area contributed by atoms with Crippen LogP contribution in [0.5, 0.6) is 0 Å². The van der Waals surface area contributed by atoms with Crippen molar-refractivity contribution in [1.82, 2.24) is 9.55 Å². The molecule has 186 valence electrons. The highest BCUT2D eigenvalue weighted by Gasteiger charge is 2.51. The molecule has 35 heavy (non-hydrogen) atoms. The van der Waals surface area contributed by atoms with E-state index in [9.17, 15) is 14.0 Å².